The molecule has 4 rings (SSSR count). The minimum atomic E-state index is -0.842. The lowest BCUT2D eigenvalue weighted by Crippen LogP contribution is -2.32. The first-order valence-electron chi connectivity index (χ1n) is 8.53. The van der Waals surface area contributed by atoms with Crippen LogP contribution in [0.4, 0.5) is 4.39 Å². The van der Waals surface area contributed by atoms with E-state index in [1.54, 1.807) is 48.7 Å². The molecule has 0 saturated heterocycles. The molecule has 0 spiro atoms. The third-order valence-electron chi connectivity index (χ3n) is 4.65. The second kappa shape index (κ2) is 6.45. The number of benzene rings is 2. The predicted octanol–water partition coefficient (Wildman–Crippen LogP) is 3.60. The quantitative estimate of drug-likeness (QED) is 0.653. The number of hydrogen-bond acceptors (Lipinski definition) is 4. The van der Waals surface area contributed by atoms with Crippen LogP contribution in [0.15, 0.2) is 54.6 Å². The van der Waals surface area contributed by atoms with E-state index in [0.29, 0.717) is 22.1 Å². The van der Waals surface area contributed by atoms with Crippen LogP contribution < -0.4 is 0 Å². The highest BCUT2D eigenvalue weighted by Crippen LogP contribution is 2.26. The molecule has 140 valence electrons. The van der Waals surface area contributed by atoms with E-state index in [-0.39, 0.29) is 16.7 Å². The minimum Gasteiger partial charge on any atom is -0.324 e. The number of hydroxylamine groups is 2. The number of fused-ring (bicyclic) bond motifs is 1. The van der Waals surface area contributed by atoms with Crippen molar-refractivity contribution >= 4 is 17.8 Å². The maximum atomic E-state index is 13.6. The minimum absolute atomic E-state index is 0.179. The van der Waals surface area contributed by atoms with Crippen LogP contribution in [-0.4, -0.2) is 27.4 Å². The van der Waals surface area contributed by atoms with E-state index >= 15 is 0 Å². The van der Waals surface area contributed by atoms with Crippen LogP contribution >= 0.6 is 0 Å². The second-order valence-electron chi connectivity index (χ2n) is 6.43. The number of aromatic nitrogens is 1. The van der Waals surface area contributed by atoms with Gasteiger partial charge in [-0.1, -0.05) is 23.3 Å². The molecular formula is C21H15FN2O4. The zero-order chi connectivity index (χ0) is 20.0. The monoisotopic (exact) mass is 378 g/mol. The van der Waals surface area contributed by atoms with E-state index in [0.717, 1.165) is 0 Å². The average molecular weight is 378 g/mol. The number of halogens is 1. The number of nitrogens with zero attached hydrogens (tertiary/aromatic N) is 2. The highest BCUT2D eigenvalue weighted by Gasteiger charge is 2.39. The van der Waals surface area contributed by atoms with Crippen LogP contribution in [0.5, 0.6) is 0 Å². The normalized spacial score (nSPS) is 13.0. The Hall–Kier alpha value is -3.74. The SMILES string of the molecule is Cc1cc(C(=O)ON2C(=O)c3ccccc3C2=O)c(C)n1-c1cccc(F)c1. The Labute approximate surface area is 159 Å². The number of hydrogen-bond donors (Lipinski definition) is 0. The van der Waals surface area contributed by atoms with E-state index in [1.807, 2.05) is 0 Å². The highest BCUT2D eigenvalue weighted by atomic mass is 19.1. The molecule has 0 saturated carbocycles. The van der Waals surface area contributed by atoms with Crippen LogP contribution in [0.25, 0.3) is 5.69 Å². The second-order valence-corrected chi connectivity index (χ2v) is 6.43. The fourth-order valence-electron chi connectivity index (χ4n) is 3.36. The standard InChI is InChI=1S/C21H15FN2O4/c1-12-10-18(13(2)23(12)15-7-5-6-14(22)11-15)21(27)28-24-19(25)16-8-3-4-9-17(16)20(24)26/h3-11H,1-2H3. The summed E-state index contributed by atoms with van der Waals surface area (Å²) in [5.41, 5.74) is 2.28. The van der Waals surface area contributed by atoms with Gasteiger partial charge in [0.05, 0.1) is 16.7 Å². The van der Waals surface area contributed by atoms with Crippen LogP contribution in [0.2, 0.25) is 0 Å². The number of aryl methyl sites for hydroxylation is 1. The summed E-state index contributed by atoms with van der Waals surface area (Å²) >= 11 is 0. The first-order valence-corrected chi connectivity index (χ1v) is 8.53. The number of carbonyl (C=O) groups excluding carboxylic acids is 3. The molecule has 0 atom stereocenters. The summed E-state index contributed by atoms with van der Waals surface area (Å²) in [4.78, 5) is 42.5. The number of amides is 2. The molecule has 0 aliphatic carbocycles. The lowest BCUT2D eigenvalue weighted by Gasteiger charge is -2.13. The Morgan fingerprint density at radius 3 is 2.18 bits per heavy atom. The summed E-state index contributed by atoms with van der Waals surface area (Å²) < 4.78 is 15.3. The van der Waals surface area contributed by atoms with E-state index in [9.17, 15) is 18.8 Å². The van der Waals surface area contributed by atoms with Crippen molar-refractivity contribution in [3.63, 3.8) is 0 Å². The predicted molar refractivity (Wildman–Crippen MR) is 97.6 cm³/mol. The van der Waals surface area contributed by atoms with Crippen molar-refractivity contribution in [1.82, 2.24) is 9.63 Å². The Kier molecular flexibility index (Phi) is 4.07. The molecule has 0 fully saturated rings. The van der Waals surface area contributed by atoms with Gasteiger partial charge < -0.3 is 9.40 Å². The number of carbonyl (C=O) groups is 3. The molecule has 2 aromatic carbocycles. The van der Waals surface area contributed by atoms with E-state index in [4.69, 9.17) is 4.84 Å². The van der Waals surface area contributed by atoms with Gasteiger partial charge in [0.1, 0.15) is 5.82 Å². The first kappa shape index (κ1) is 17.7. The Morgan fingerprint density at radius 2 is 1.57 bits per heavy atom. The van der Waals surface area contributed by atoms with Crippen molar-refractivity contribution in [3.05, 3.63) is 88.5 Å². The third kappa shape index (κ3) is 2.68. The lowest BCUT2D eigenvalue weighted by atomic mass is 10.1. The van der Waals surface area contributed by atoms with Crippen molar-refractivity contribution in [1.29, 1.82) is 0 Å². The molecule has 3 aromatic rings. The van der Waals surface area contributed by atoms with Crippen molar-refractivity contribution in [2.24, 2.45) is 0 Å². The molecule has 0 radical (unpaired) electrons. The molecule has 1 aliphatic rings. The summed E-state index contributed by atoms with van der Waals surface area (Å²) in [6, 6.07) is 13.8. The van der Waals surface area contributed by atoms with Gasteiger partial charge in [0, 0.05) is 17.1 Å². The Bertz CT molecular complexity index is 1110. The van der Waals surface area contributed by atoms with Crippen LogP contribution in [0, 0.1) is 19.7 Å². The largest absolute Gasteiger partial charge is 0.365 e. The molecule has 2 heterocycles. The topological polar surface area (TPSA) is 68.6 Å². The lowest BCUT2D eigenvalue weighted by molar-refractivity contribution is -0.0585. The first-order chi connectivity index (χ1) is 13.4. The number of imide groups is 1. The fourth-order valence-corrected chi connectivity index (χ4v) is 3.36. The van der Waals surface area contributed by atoms with Crippen molar-refractivity contribution in [2.45, 2.75) is 13.8 Å². The van der Waals surface area contributed by atoms with Crippen molar-refractivity contribution < 1.29 is 23.6 Å². The number of rotatable bonds is 3. The van der Waals surface area contributed by atoms with Gasteiger partial charge in [-0.05, 0) is 50.2 Å². The van der Waals surface area contributed by atoms with E-state index < -0.39 is 23.6 Å². The maximum Gasteiger partial charge on any atom is 0.365 e. The molecule has 6 nitrogen and oxygen atoms in total. The molecule has 1 aliphatic heterocycles. The summed E-state index contributed by atoms with van der Waals surface area (Å²) in [5.74, 6) is -2.62. The third-order valence-corrected chi connectivity index (χ3v) is 4.65. The van der Waals surface area contributed by atoms with Crippen LogP contribution in [0.3, 0.4) is 0 Å². The molecule has 28 heavy (non-hydrogen) atoms. The molecule has 0 unspecified atom stereocenters. The van der Waals surface area contributed by atoms with Gasteiger partial charge in [-0.25, -0.2) is 9.18 Å². The average Bonchev–Trinajstić information content (AvgIpc) is 3.10. The van der Waals surface area contributed by atoms with Crippen LogP contribution in [0.1, 0.15) is 42.5 Å². The summed E-state index contributed by atoms with van der Waals surface area (Å²) in [6.07, 6.45) is 0. The summed E-state index contributed by atoms with van der Waals surface area (Å²) in [5, 5.41) is 0.474. The Balaban J connectivity index is 1.65. The van der Waals surface area contributed by atoms with Gasteiger partial charge in [-0.15, -0.1) is 0 Å². The van der Waals surface area contributed by atoms with Crippen molar-refractivity contribution in [3.8, 4) is 5.69 Å². The highest BCUT2D eigenvalue weighted by molar-refractivity contribution is 6.21. The van der Waals surface area contributed by atoms with Gasteiger partial charge in [0.15, 0.2) is 0 Å². The molecule has 1 aromatic heterocycles. The van der Waals surface area contributed by atoms with Gasteiger partial charge in [0.2, 0.25) is 0 Å². The molecule has 2 amide bonds. The zero-order valence-electron chi connectivity index (χ0n) is 15.1. The van der Waals surface area contributed by atoms with Crippen molar-refractivity contribution in [2.75, 3.05) is 0 Å². The summed E-state index contributed by atoms with van der Waals surface area (Å²) in [6.45, 7) is 3.44. The van der Waals surface area contributed by atoms with Gasteiger partial charge in [-0.3, -0.25) is 9.59 Å². The molecule has 7 heteroatoms. The molecule has 0 N–H and O–H groups in total. The molecular weight excluding hydrogens is 363 g/mol. The Morgan fingerprint density at radius 1 is 0.929 bits per heavy atom. The molecule has 0 bridgehead atoms. The van der Waals surface area contributed by atoms with E-state index in [1.165, 1.54) is 24.3 Å². The van der Waals surface area contributed by atoms with Gasteiger partial charge in [-0.2, -0.15) is 0 Å². The maximum absolute atomic E-state index is 13.6. The van der Waals surface area contributed by atoms with Crippen LogP contribution in [-0.2, 0) is 4.84 Å². The zero-order valence-corrected chi connectivity index (χ0v) is 15.1. The smallest absolute Gasteiger partial charge is 0.324 e. The van der Waals surface area contributed by atoms with Gasteiger partial charge >= 0.3 is 5.97 Å². The fraction of sp³-hybridized carbons (Fsp3) is 0.0952. The van der Waals surface area contributed by atoms with E-state index in [2.05, 4.69) is 0 Å². The van der Waals surface area contributed by atoms with Gasteiger partial charge in [0.25, 0.3) is 11.8 Å². The summed E-state index contributed by atoms with van der Waals surface area (Å²) in [7, 11) is 0.